The number of carbonyl (C=O) groups excluding carboxylic acids is 1. The Labute approximate surface area is 160 Å². The van der Waals surface area contributed by atoms with E-state index in [4.69, 9.17) is 0 Å². The minimum atomic E-state index is -3.19. The molecule has 1 aromatic rings. The molecule has 3 aliphatic heterocycles. The van der Waals surface area contributed by atoms with Crippen molar-refractivity contribution in [2.24, 2.45) is 11.8 Å². The Morgan fingerprint density at radius 1 is 1.19 bits per heavy atom. The van der Waals surface area contributed by atoms with Crippen molar-refractivity contribution in [3.8, 4) is 0 Å². The molecule has 3 aliphatic rings. The van der Waals surface area contributed by atoms with Crippen LogP contribution in [0.3, 0.4) is 0 Å². The summed E-state index contributed by atoms with van der Waals surface area (Å²) in [7, 11) is -1.30. The molecule has 0 aliphatic carbocycles. The molecule has 0 aromatic carbocycles. The van der Waals surface area contributed by atoms with Gasteiger partial charge < -0.3 is 9.80 Å². The third-order valence-corrected chi connectivity index (χ3v) is 8.68. The summed E-state index contributed by atoms with van der Waals surface area (Å²) in [6.07, 6.45) is 5.46. The zero-order valence-corrected chi connectivity index (χ0v) is 16.7. The number of aromatic nitrogens is 2. The standard InChI is InChI=1S/C18H27N5O3S/c1-3-11-27(25,26)23-9-5-18(6-10-23)15-13-22(17-19-7-4-8-20-17)12-14(15)16(24)21(18)2/h4,7-8,14-15H,3,5-6,9-13H2,1-2H3/t14-,15+/m0/s1. The van der Waals surface area contributed by atoms with Crippen LogP contribution in [0.25, 0.3) is 0 Å². The summed E-state index contributed by atoms with van der Waals surface area (Å²) in [5.41, 5.74) is -0.260. The smallest absolute Gasteiger partial charge is 0.228 e. The van der Waals surface area contributed by atoms with E-state index in [2.05, 4.69) is 14.9 Å². The van der Waals surface area contributed by atoms with E-state index < -0.39 is 10.0 Å². The van der Waals surface area contributed by atoms with Crippen LogP contribution in [0, 0.1) is 11.8 Å². The predicted molar refractivity (Wildman–Crippen MR) is 102 cm³/mol. The lowest BCUT2D eigenvalue weighted by Gasteiger charge is -2.46. The molecule has 9 heteroatoms. The van der Waals surface area contributed by atoms with Crippen molar-refractivity contribution in [2.75, 3.05) is 43.9 Å². The maximum atomic E-state index is 12.9. The lowest BCUT2D eigenvalue weighted by Crippen LogP contribution is -2.56. The van der Waals surface area contributed by atoms with Crippen molar-refractivity contribution in [1.82, 2.24) is 19.2 Å². The zero-order valence-electron chi connectivity index (χ0n) is 15.9. The van der Waals surface area contributed by atoms with Crippen LogP contribution in [0.1, 0.15) is 26.2 Å². The number of hydrogen-bond acceptors (Lipinski definition) is 6. The number of piperidine rings is 1. The third-order valence-electron chi connectivity index (χ3n) is 6.60. The van der Waals surface area contributed by atoms with E-state index >= 15 is 0 Å². The van der Waals surface area contributed by atoms with Crippen LogP contribution in [-0.2, 0) is 14.8 Å². The Bertz CT molecular complexity index is 808. The molecule has 0 saturated carbocycles. The predicted octanol–water partition coefficient (Wildman–Crippen LogP) is 0.575. The fourth-order valence-corrected chi connectivity index (χ4v) is 6.69. The van der Waals surface area contributed by atoms with E-state index in [-0.39, 0.29) is 29.0 Å². The molecule has 0 N–H and O–H groups in total. The van der Waals surface area contributed by atoms with E-state index in [1.807, 2.05) is 18.9 Å². The highest BCUT2D eigenvalue weighted by Crippen LogP contribution is 2.49. The SMILES string of the molecule is CCCS(=O)(=O)N1CCC2(CC1)[C@@H]1CN(c3ncccn3)C[C@@H]1C(=O)N2C. The molecule has 3 saturated heterocycles. The largest absolute Gasteiger partial charge is 0.340 e. The maximum absolute atomic E-state index is 12.9. The monoisotopic (exact) mass is 393 g/mol. The number of fused-ring (bicyclic) bond motifs is 2. The van der Waals surface area contributed by atoms with Crippen LogP contribution in [0.4, 0.5) is 5.95 Å². The van der Waals surface area contributed by atoms with Gasteiger partial charge in [-0.3, -0.25) is 4.79 Å². The first-order valence-electron chi connectivity index (χ1n) is 9.66. The summed E-state index contributed by atoms with van der Waals surface area (Å²) < 4.78 is 26.5. The maximum Gasteiger partial charge on any atom is 0.228 e. The minimum Gasteiger partial charge on any atom is -0.340 e. The van der Waals surface area contributed by atoms with Gasteiger partial charge in [-0.1, -0.05) is 6.92 Å². The van der Waals surface area contributed by atoms with Gasteiger partial charge in [0.2, 0.25) is 21.9 Å². The first-order chi connectivity index (χ1) is 12.9. The highest BCUT2D eigenvalue weighted by molar-refractivity contribution is 7.89. The molecule has 27 heavy (non-hydrogen) atoms. The fourth-order valence-electron chi connectivity index (χ4n) is 5.18. The molecule has 1 spiro atoms. The lowest BCUT2D eigenvalue weighted by molar-refractivity contribution is -0.132. The number of amides is 1. The number of likely N-dealkylation sites (tertiary alicyclic amines) is 1. The average molecular weight is 394 g/mol. The van der Waals surface area contributed by atoms with Crippen LogP contribution in [0.15, 0.2) is 18.5 Å². The first kappa shape index (κ1) is 18.6. The number of carbonyl (C=O) groups is 1. The Morgan fingerprint density at radius 2 is 1.85 bits per heavy atom. The Morgan fingerprint density at radius 3 is 2.48 bits per heavy atom. The molecule has 0 bridgehead atoms. The van der Waals surface area contributed by atoms with Gasteiger partial charge in [-0.15, -0.1) is 0 Å². The lowest BCUT2D eigenvalue weighted by atomic mass is 9.75. The normalized spacial score (nSPS) is 28.1. The molecular weight excluding hydrogens is 366 g/mol. The molecule has 148 valence electrons. The number of hydrogen-bond donors (Lipinski definition) is 0. The van der Waals surface area contributed by atoms with Gasteiger partial charge in [0.1, 0.15) is 0 Å². The zero-order chi connectivity index (χ0) is 19.2. The van der Waals surface area contributed by atoms with Crippen LogP contribution in [-0.4, -0.2) is 78.0 Å². The van der Waals surface area contributed by atoms with E-state index in [0.717, 1.165) is 6.54 Å². The molecule has 4 heterocycles. The van der Waals surface area contributed by atoms with Crippen LogP contribution < -0.4 is 4.90 Å². The second kappa shape index (κ2) is 6.70. The van der Waals surface area contributed by atoms with Crippen molar-refractivity contribution in [3.05, 3.63) is 18.5 Å². The summed E-state index contributed by atoms with van der Waals surface area (Å²) in [5, 5.41) is 0. The summed E-state index contributed by atoms with van der Waals surface area (Å²) in [6.45, 7) is 4.25. The second-order valence-corrected chi connectivity index (χ2v) is 9.97. The number of rotatable bonds is 4. The van der Waals surface area contributed by atoms with Crippen molar-refractivity contribution in [3.63, 3.8) is 0 Å². The summed E-state index contributed by atoms with van der Waals surface area (Å²) in [5.74, 6) is 1.16. The van der Waals surface area contributed by atoms with Gasteiger partial charge >= 0.3 is 0 Å². The number of anilines is 1. The molecule has 8 nitrogen and oxygen atoms in total. The Hall–Kier alpha value is -1.74. The Kier molecular flexibility index (Phi) is 4.62. The number of sulfonamides is 1. The molecule has 1 aromatic heterocycles. The van der Waals surface area contributed by atoms with Crippen molar-refractivity contribution < 1.29 is 13.2 Å². The van der Waals surface area contributed by atoms with Crippen molar-refractivity contribution in [2.45, 2.75) is 31.7 Å². The molecule has 0 unspecified atom stereocenters. The molecule has 2 atom stereocenters. The van der Waals surface area contributed by atoms with Gasteiger partial charge in [0.05, 0.1) is 17.2 Å². The second-order valence-electron chi connectivity index (χ2n) is 7.88. The summed E-state index contributed by atoms with van der Waals surface area (Å²) in [6, 6.07) is 1.79. The quantitative estimate of drug-likeness (QED) is 0.744. The van der Waals surface area contributed by atoms with Gasteiger partial charge in [0.15, 0.2) is 0 Å². The van der Waals surface area contributed by atoms with E-state index in [1.54, 1.807) is 22.8 Å². The highest BCUT2D eigenvalue weighted by Gasteiger charge is 2.61. The van der Waals surface area contributed by atoms with Gasteiger partial charge in [-0.25, -0.2) is 22.7 Å². The van der Waals surface area contributed by atoms with Gasteiger partial charge in [0, 0.05) is 51.5 Å². The average Bonchev–Trinajstić information content (AvgIpc) is 3.19. The van der Waals surface area contributed by atoms with Crippen LogP contribution in [0.5, 0.6) is 0 Å². The number of nitrogens with zero attached hydrogens (tertiary/aromatic N) is 5. The molecule has 3 fully saturated rings. The van der Waals surface area contributed by atoms with E-state index in [1.165, 1.54) is 0 Å². The topological polar surface area (TPSA) is 86.7 Å². The molecular formula is C18H27N5O3S. The van der Waals surface area contributed by atoms with Crippen molar-refractivity contribution in [1.29, 1.82) is 0 Å². The Balaban J connectivity index is 1.54. The summed E-state index contributed by atoms with van der Waals surface area (Å²) in [4.78, 5) is 25.6. The van der Waals surface area contributed by atoms with Gasteiger partial charge in [0.25, 0.3) is 0 Å². The highest BCUT2D eigenvalue weighted by atomic mass is 32.2. The molecule has 1 amide bonds. The van der Waals surface area contributed by atoms with E-state index in [0.29, 0.717) is 44.8 Å². The van der Waals surface area contributed by atoms with Crippen molar-refractivity contribution >= 4 is 21.9 Å². The van der Waals surface area contributed by atoms with E-state index in [9.17, 15) is 13.2 Å². The summed E-state index contributed by atoms with van der Waals surface area (Å²) >= 11 is 0. The van der Waals surface area contributed by atoms with Gasteiger partial charge in [-0.2, -0.15) is 0 Å². The minimum absolute atomic E-state index is 0.0578. The van der Waals surface area contributed by atoms with Gasteiger partial charge in [-0.05, 0) is 25.3 Å². The first-order valence-corrected chi connectivity index (χ1v) is 11.3. The van der Waals surface area contributed by atoms with Crippen LogP contribution in [0.2, 0.25) is 0 Å². The molecule has 0 radical (unpaired) electrons. The van der Waals surface area contributed by atoms with Crippen LogP contribution >= 0.6 is 0 Å². The third kappa shape index (κ3) is 2.91. The fraction of sp³-hybridized carbons (Fsp3) is 0.722. The molecule has 4 rings (SSSR count).